The first-order valence-electron chi connectivity index (χ1n) is 10.6. The molecule has 9 heteroatoms. The van der Waals surface area contributed by atoms with Crippen LogP contribution in [0, 0.1) is 5.82 Å². The van der Waals surface area contributed by atoms with Crippen molar-refractivity contribution in [1.29, 1.82) is 0 Å². The number of nitrogens with one attached hydrogen (secondary N) is 2. The summed E-state index contributed by atoms with van der Waals surface area (Å²) in [6.45, 7) is 2.38. The van der Waals surface area contributed by atoms with Gasteiger partial charge in [-0.05, 0) is 60.5 Å². The van der Waals surface area contributed by atoms with Crippen molar-refractivity contribution >= 4 is 33.4 Å². The number of carbonyl (C=O) groups is 1. The van der Waals surface area contributed by atoms with Crippen molar-refractivity contribution in [3.63, 3.8) is 0 Å². The average molecular weight is 466 g/mol. The molecule has 0 unspecified atom stereocenters. The molecule has 0 aliphatic carbocycles. The van der Waals surface area contributed by atoms with E-state index < -0.39 is 5.82 Å². The Hall–Kier alpha value is -3.59. The van der Waals surface area contributed by atoms with Crippen molar-refractivity contribution in [3.8, 4) is 5.75 Å². The van der Waals surface area contributed by atoms with E-state index in [2.05, 4.69) is 25.6 Å². The Bertz CT molecular complexity index is 1250. The molecule has 0 saturated heterocycles. The first-order valence-corrected chi connectivity index (χ1v) is 11.4. The Morgan fingerprint density at radius 2 is 2.00 bits per heavy atom. The molecule has 3 heterocycles. The fourth-order valence-electron chi connectivity index (χ4n) is 3.39. The third-order valence-corrected chi connectivity index (χ3v) is 6.09. The lowest BCUT2D eigenvalue weighted by Gasteiger charge is -2.15. The number of hydrogen-bond acceptors (Lipinski definition) is 7. The van der Waals surface area contributed by atoms with Crippen molar-refractivity contribution in [3.05, 3.63) is 76.8 Å². The van der Waals surface area contributed by atoms with Crippen LogP contribution >= 0.6 is 11.3 Å². The summed E-state index contributed by atoms with van der Waals surface area (Å²) >= 11 is 1.42. The van der Waals surface area contributed by atoms with Crippen LogP contribution in [-0.2, 0) is 6.42 Å². The van der Waals surface area contributed by atoms with E-state index in [9.17, 15) is 9.18 Å². The molecular formula is C24H24FN5O2S. The molecule has 4 rings (SSSR count). The van der Waals surface area contributed by atoms with Crippen molar-refractivity contribution in [2.45, 2.75) is 25.8 Å². The lowest BCUT2D eigenvalue weighted by atomic mass is 10.1. The van der Waals surface area contributed by atoms with E-state index in [1.54, 1.807) is 13.3 Å². The number of thiophene rings is 1. The van der Waals surface area contributed by atoms with E-state index in [0.29, 0.717) is 29.3 Å². The van der Waals surface area contributed by atoms with Gasteiger partial charge in [-0.2, -0.15) is 0 Å². The molecule has 4 aromatic rings. The van der Waals surface area contributed by atoms with Gasteiger partial charge in [-0.1, -0.05) is 12.1 Å². The topological polar surface area (TPSA) is 89.0 Å². The number of benzene rings is 1. The number of fused-ring (bicyclic) bond motifs is 1. The largest absolute Gasteiger partial charge is 0.497 e. The molecule has 1 aromatic carbocycles. The lowest BCUT2D eigenvalue weighted by molar-refractivity contribution is 0.0950. The van der Waals surface area contributed by atoms with Gasteiger partial charge in [-0.15, -0.1) is 11.3 Å². The number of aryl methyl sites for hydroxylation is 1. The Morgan fingerprint density at radius 1 is 1.18 bits per heavy atom. The molecule has 0 spiro atoms. The summed E-state index contributed by atoms with van der Waals surface area (Å²) in [4.78, 5) is 25.8. The van der Waals surface area contributed by atoms with Crippen LogP contribution in [0.1, 0.15) is 41.0 Å². The molecule has 0 fully saturated rings. The smallest absolute Gasteiger partial charge is 0.271 e. The summed E-state index contributed by atoms with van der Waals surface area (Å²) < 4.78 is 19.4. The highest BCUT2D eigenvalue weighted by molar-refractivity contribution is 7.17. The fraction of sp³-hybridized carbons (Fsp3) is 0.250. The number of methoxy groups -OCH3 is 1. The van der Waals surface area contributed by atoms with Gasteiger partial charge < -0.3 is 15.4 Å². The van der Waals surface area contributed by atoms with E-state index in [0.717, 1.165) is 29.5 Å². The molecule has 0 radical (unpaired) electrons. The van der Waals surface area contributed by atoms with Crippen LogP contribution in [0.3, 0.4) is 0 Å². The third kappa shape index (κ3) is 5.61. The van der Waals surface area contributed by atoms with Gasteiger partial charge in [0.2, 0.25) is 5.95 Å². The number of pyridine rings is 1. The number of amides is 1. The molecule has 170 valence electrons. The van der Waals surface area contributed by atoms with Crippen LogP contribution in [0.25, 0.3) is 10.2 Å². The van der Waals surface area contributed by atoms with Gasteiger partial charge >= 0.3 is 0 Å². The number of halogens is 1. The minimum Gasteiger partial charge on any atom is -0.497 e. The fourth-order valence-corrected chi connectivity index (χ4v) is 4.21. The van der Waals surface area contributed by atoms with Gasteiger partial charge in [0.1, 0.15) is 11.6 Å². The van der Waals surface area contributed by atoms with E-state index in [-0.39, 0.29) is 11.9 Å². The van der Waals surface area contributed by atoms with Crippen molar-refractivity contribution in [2.75, 3.05) is 19.0 Å². The maximum absolute atomic E-state index is 13.5. The number of aromatic nitrogens is 3. The minimum absolute atomic E-state index is 0.247. The molecule has 0 aliphatic heterocycles. The predicted octanol–water partition coefficient (Wildman–Crippen LogP) is 4.77. The number of rotatable bonds is 9. The van der Waals surface area contributed by atoms with Crippen LogP contribution in [0.4, 0.5) is 10.3 Å². The quantitative estimate of drug-likeness (QED) is 0.346. The highest BCUT2D eigenvalue weighted by atomic mass is 32.1. The number of anilines is 1. The molecule has 0 bridgehead atoms. The molecule has 1 amide bonds. The average Bonchev–Trinajstić information content (AvgIpc) is 3.30. The monoisotopic (exact) mass is 465 g/mol. The van der Waals surface area contributed by atoms with Gasteiger partial charge in [-0.3, -0.25) is 9.78 Å². The van der Waals surface area contributed by atoms with Crippen molar-refractivity contribution < 1.29 is 13.9 Å². The molecule has 7 nitrogen and oxygen atoms in total. The predicted molar refractivity (Wildman–Crippen MR) is 127 cm³/mol. The Kier molecular flexibility index (Phi) is 7.09. The van der Waals surface area contributed by atoms with Crippen molar-refractivity contribution in [1.82, 2.24) is 20.3 Å². The van der Waals surface area contributed by atoms with E-state index in [4.69, 9.17) is 4.74 Å². The Balaban J connectivity index is 1.41. The van der Waals surface area contributed by atoms with E-state index >= 15 is 0 Å². The number of nitrogens with zero attached hydrogens (tertiary/aromatic N) is 3. The lowest BCUT2D eigenvalue weighted by Crippen LogP contribution is -2.26. The number of hydrogen-bond donors (Lipinski definition) is 2. The molecule has 3 aromatic heterocycles. The molecule has 0 saturated carbocycles. The third-order valence-electron chi connectivity index (χ3n) is 5.18. The van der Waals surface area contributed by atoms with Gasteiger partial charge in [0, 0.05) is 12.7 Å². The van der Waals surface area contributed by atoms with Crippen LogP contribution in [0.15, 0.2) is 54.2 Å². The minimum atomic E-state index is -0.412. The zero-order valence-electron chi connectivity index (χ0n) is 18.3. The van der Waals surface area contributed by atoms with Gasteiger partial charge in [0.15, 0.2) is 5.69 Å². The van der Waals surface area contributed by atoms with Gasteiger partial charge in [-0.25, -0.2) is 14.4 Å². The highest BCUT2D eigenvalue weighted by Crippen LogP contribution is 2.25. The summed E-state index contributed by atoms with van der Waals surface area (Å²) in [5, 5.41) is 7.98. The summed E-state index contributed by atoms with van der Waals surface area (Å²) in [5.74, 6) is 0.469. The van der Waals surface area contributed by atoms with Gasteiger partial charge in [0.25, 0.3) is 5.91 Å². The number of ether oxygens (including phenoxy) is 1. The molecular weight excluding hydrogens is 441 g/mol. The first kappa shape index (κ1) is 22.6. The summed E-state index contributed by atoms with van der Waals surface area (Å²) in [7, 11) is 1.64. The summed E-state index contributed by atoms with van der Waals surface area (Å²) in [6, 6.07) is 10.9. The van der Waals surface area contributed by atoms with Crippen LogP contribution in [0.2, 0.25) is 0 Å². The van der Waals surface area contributed by atoms with Crippen LogP contribution in [0.5, 0.6) is 5.75 Å². The molecule has 2 N–H and O–H groups in total. The zero-order chi connectivity index (χ0) is 23.2. The molecule has 1 atom stereocenters. The van der Waals surface area contributed by atoms with Crippen molar-refractivity contribution in [2.24, 2.45) is 0 Å². The second kappa shape index (κ2) is 10.4. The maximum Gasteiger partial charge on any atom is 0.271 e. The molecule has 33 heavy (non-hydrogen) atoms. The SMILES string of the molecule is COc1ccc(CCCNC(=O)c2nc(N[C@@H](C)c3cncc(F)c3)nc3ccsc23)cc1. The summed E-state index contributed by atoms with van der Waals surface area (Å²) in [5.41, 5.74) is 2.85. The zero-order valence-corrected chi connectivity index (χ0v) is 19.2. The Labute approximate surface area is 195 Å². The molecule has 0 aliphatic rings. The highest BCUT2D eigenvalue weighted by Gasteiger charge is 2.17. The standard InChI is InChI=1S/C24H24FN5O2S/c1-15(17-12-18(25)14-26-13-17)28-24-29-20-9-11-33-22(20)21(30-24)23(31)27-10-3-4-16-5-7-19(32-2)8-6-16/h5-9,11-15H,3-4,10H2,1-2H3,(H,27,31)(H,28,29,30)/t15-/m0/s1. The summed E-state index contributed by atoms with van der Waals surface area (Å²) in [6.07, 6.45) is 4.38. The first-order chi connectivity index (χ1) is 16.0. The van der Waals surface area contributed by atoms with E-state index in [1.807, 2.05) is 42.6 Å². The van der Waals surface area contributed by atoms with Crippen LogP contribution < -0.4 is 15.4 Å². The van der Waals surface area contributed by atoms with E-state index in [1.165, 1.54) is 23.0 Å². The second-order valence-corrected chi connectivity index (χ2v) is 8.46. The van der Waals surface area contributed by atoms with Crippen LogP contribution in [-0.4, -0.2) is 34.5 Å². The normalized spacial score (nSPS) is 11.8. The number of carbonyl (C=O) groups excluding carboxylic acids is 1. The van der Waals surface area contributed by atoms with Gasteiger partial charge in [0.05, 0.1) is 29.6 Å². The maximum atomic E-state index is 13.5. The Morgan fingerprint density at radius 3 is 2.76 bits per heavy atom. The second-order valence-electron chi connectivity index (χ2n) is 7.54.